The van der Waals surface area contributed by atoms with Crippen LogP contribution in [0.3, 0.4) is 0 Å². The molecule has 0 unspecified atom stereocenters. The first kappa shape index (κ1) is 29.4. The van der Waals surface area contributed by atoms with Crippen LogP contribution in [0.2, 0.25) is 30.7 Å². The number of hydrogen-bond acceptors (Lipinski definition) is 8. The number of amides is 1. The van der Waals surface area contributed by atoms with Crippen LogP contribution >= 0.6 is 11.6 Å². The molecule has 2 saturated heterocycles. The second-order valence-corrected chi connectivity index (χ2v) is 18.5. The molecular formula is C29H36ClN7O5Si. The molecule has 0 aliphatic carbocycles. The monoisotopic (exact) mass is 625 g/mol. The number of fused-ring (bicyclic) bond motifs is 4. The molecular weight excluding hydrogens is 590 g/mol. The molecule has 1 amide bonds. The Balaban J connectivity index is 1.49. The summed E-state index contributed by atoms with van der Waals surface area (Å²) in [5, 5.41) is 12.8. The first-order chi connectivity index (χ1) is 20.5. The predicted molar refractivity (Wildman–Crippen MR) is 168 cm³/mol. The summed E-state index contributed by atoms with van der Waals surface area (Å²) < 4.78 is 14.8. The van der Waals surface area contributed by atoms with Crippen LogP contribution in [0.5, 0.6) is 5.88 Å². The second-order valence-electron chi connectivity index (χ2n) is 12.5. The van der Waals surface area contributed by atoms with Gasteiger partial charge in [0.05, 0.1) is 41.3 Å². The summed E-state index contributed by atoms with van der Waals surface area (Å²) in [5.74, 6) is 0.857. The zero-order chi connectivity index (χ0) is 30.6. The standard InChI is InChI=1S/C29H36ClN7O5Si/c1-35-27(38)23-18(17-7-8-19-25(24(17)30)33-22(41-2)13-31-19)14-36(15-42-10-11-43(3,4)5)26(23)34-28(35)37-16-6-9-21(37)20(12-16)32-29(39)40/h7-8,13-14,16,20-21,32H,6,9-12,15H2,1-5H3,(H,39,40)/t16-,20+,21+/m0/s1. The van der Waals surface area contributed by atoms with E-state index in [4.69, 9.17) is 26.1 Å². The number of methoxy groups -OCH3 is 1. The minimum absolute atomic E-state index is 0.0731. The highest BCUT2D eigenvalue weighted by molar-refractivity contribution is 6.76. The van der Waals surface area contributed by atoms with Crippen LogP contribution in [0.1, 0.15) is 19.3 Å². The number of nitrogens with one attached hydrogen (secondary N) is 1. The van der Waals surface area contributed by atoms with E-state index in [1.165, 1.54) is 13.3 Å². The van der Waals surface area contributed by atoms with Gasteiger partial charge in [0, 0.05) is 45.1 Å². The summed E-state index contributed by atoms with van der Waals surface area (Å²) in [7, 11) is 1.92. The van der Waals surface area contributed by atoms with Gasteiger partial charge in [-0.05, 0) is 31.4 Å². The first-order valence-corrected chi connectivity index (χ1v) is 18.5. The van der Waals surface area contributed by atoms with Gasteiger partial charge in [-0.1, -0.05) is 37.3 Å². The van der Waals surface area contributed by atoms with E-state index in [0.717, 1.165) is 18.9 Å². The summed E-state index contributed by atoms with van der Waals surface area (Å²) in [5.41, 5.74) is 2.59. The van der Waals surface area contributed by atoms with E-state index in [1.54, 1.807) is 11.6 Å². The molecule has 2 aliphatic heterocycles. The molecule has 6 rings (SSSR count). The van der Waals surface area contributed by atoms with Crippen molar-refractivity contribution >= 4 is 53.8 Å². The van der Waals surface area contributed by atoms with Crippen LogP contribution in [0.25, 0.3) is 33.2 Å². The molecule has 14 heteroatoms. The number of benzene rings is 1. The quantitative estimate of drug-likeness (QED) is 0.200. The molecule has 3 atom stereocenters. The number of ether oxygens (including phenoxy) is 2. The van der Waals surface area contributed by atoms with Gasteiger partial charge in [-0.2, -0.15) is 4.98 Å². The van der Waals surface area contributed by atoms with Crippen molar-refractivity contribution in [3.05, 3.63) is 39.9 Å². The van der Waals surface area contributed by atoms with Crippen molar-refractivity contribution in [3.63, 3.8) is 0 Å². The Morgan fingerprint density at radius 3 is 2.72 bits per heavy atom. The zero-order valence-corrected chi connectivity index (χ0v) is 26.7. The SMILES string of the molecule is COc1cnc2ccc(-c3cn(COCC[Si](C)(C)C)c4nc(N5[C@H]6CC[C@@H]5[C@H](NC(=O)O)C6)n(C)c(=O)c34)c(Cl)c2n1. The smallest absolute Gasteiger partial charge is 0.404 e. The Morgan fingerprint density at radius 1 is 1.21 bits per heavy atom. The normalized spacial score (nSPS) is 20.0. The predicted octanol–water partition coefficient (Wildman–Crippen LogP) is 4.70. The molecule has 5 heterocycles. The van der Waals surface area contributed by atoms with Crippen molar-refractivity contribution in [2.75, 3.05) is 18.6 Å². The van der Waals surface area contributed by atoms with E-state index in [1.807, 2.05) is 22.9 Å². The number of aromatic nitrogens is 5. The maximum Gasteiger partial charge on any atom is 0.404 e. The third kappa shape index (κ3) is 5.34. The maximum atomic E-state index is 14.2. The van der Waals surface area contributed by atoms with E-state index >= 15 is 0 Å². The lowest BCUT2D eigenvalue weighted by Gasteiger charge is -2.26. The van der Waals surface area contributed by atoms with Gasteiger partial charge in [0.15, 0.2) is 5.65 Å². The average molecular weight is 626 g/mol. The lowest BCUT2D eigenvalue weighted by Crippen LogP contribution is -2.44. The van der Waals surface area contributed by atoms with Crippen LogP contribution in [-0.2, 0) is 18.5 Å². The molecule has 0 radical (unpaired) electrons. The first-order valence-electron chi connectivity index (χ1n) is 14.4. The molecule has 2 bridgehead atoms. The van der Waals surface area contributed by atoms with Crippen LogP contribution < -0.4 is 20.5 Å². The minimum atomic E-state index is -1.31. The lowest BCUT2D eigenvalue weighted by atomic mass is 9.96. The van der Waals surface area contributed by atoms with Crippen LogP contribution in [0, 0.1) is 0 Å². The Labute approximate surface area is 254 Å². The number of hydrogen-bond donors (Lipinski definition) is 2. The average Bonchev–Trinajstić information content (AvgIpc) is 3.63. The van der Waals surface area contributed by atoms with Crippen molar-refractivity contribution in [2.24, 2.45) is 7.05 Å². The van der Waals surface area contributed by atoms with Gasteiger partial charge in [-0.3, -0.25) is 9.36 Å². The molecule has 3 aromatic heterocycles. The highest BCUT2D eigenvalue weighted by atomic mass is 35.5. The highest BCUT2D eigenvalue weighted by Crippen LogP contribution is 2.42. The van der Waals surface area contributed by atoms with Crippen LogP contribution in [0.15, 0.2) is 29.3 Å². The molecule has 0 spiro atoms. The largest absolute Gasteiger partial charge is 0.480 e. The fourth-order valence-electron chi connectivity index (χ4n) is 6.33. The third-order valence-corrected chi connectivity index (χ3v) is 10.6. The molecule has 2 fully saturated rings. The number of rotatable bonds is 9. The Bertz CT molecular complexity index is 1790. The summed E-state index contributed by atoms with van der Waals surface area (Å²) >= 11 is 6.94. The van der Waals surface area contributed by atoms with E-state index in [0.29, 0.717) is 63.1 Å². The van der Waals surface area contributed by atoms with Gasteiger partial charge < -0.3 is 29.4 Å². The summed E-state index contributed by atoms with van der Waals surface area (Å²) in [6, 6.07) is 4.47. The number of halogens is 1. The van der Waals surface area contributed by atoms with Gasteiger partial charge in [-0.25, -0.2) is 14.8 Å². The number of anilines is 1. The van der Waals surface area contributed by atoms with Gasteiger partial charge in [0.2, 0.25) is 11.8 Å². The van der Waals surface area contributed by atoms with Crippen LogP contribution in [0.4, 0.5) is 10.7 Å². The Morgan fingerprint density at radius 2 is 2.00 bits per heavy atom. The summed E-state index contributed by atoms with van der Waals surface area (Å²) in [6.07, 6.45) is 4.77. The van der Waals surface area contributed by atoms with Gasteiger partial charge in [0.25, 0.3) is 5.56 Å². The van der Waals surface area contributed by atoms with Gasteiger partial charge >= 0.3 is 6.09 Å². The fraction of sp³-hybridized carbons (Fsp3) is 0.483. The van der Waals surface area contributed by atoms with Crippen LogP contribution in [-0.4, -0.2) is 75.2 Å². The summed E-state index contributed by atoms with van der Waals surface area (Å²) in [6.45, 7) is 7.72. The molecule has 4 aromatic rings. The van der Waals surface area contributed by atoms with E-state index in [2.05, 4.69) is 39.8 Å². The maximum absolute atomic E-state index is 14.2. The topological polar surface area (TPSA) is 137 Å². The molecule has 12 nitrogen and oxygen atoms in total. The van der Waals surface area contributed by atoms with Crippen molar-refractivity contribution in [1.29, 1.82) is 0 Å². The van der Waals surface area contributed by atoms with Crippen molar-refractivity contribution in [2.45, 2.75) is 69.8 Å². The molecule has 2 N–H and O–H groups in total. The fourth-order valence-corrected chi connectivity index (χ4v) is 7.39. The highest BCUT2D eigenvalue weighted by Gasteiger charge is 2.48. The van der Waals surface area contributed by atoms with E-state index < -0.39 is 14.2 Å². The Hall–Kier alpha value is -3.68. The number of nitrogens with zero attached hydrogens (tertiary/aromatic N) is 6. The number of carboxylic acid groups (broad SMARTS) is 1. The Kier molecular flexibility index (Phi) is 7.59. The molecule has 228 valence electrons. The van der Waals surface area contributed by atoms with E-state index in [9.17, 15) is 14.7 Å². The van der Waals surface area contributed by atoms with Crippen molar-refractivity contribution in [3.8, 4) is 17.0 Å². The third-order valence-electron chi connectivity index (χ3n) is 8.51. The number of carbonyl (C=O) groups is 1. The zero-order valence-electron chi connectivity index (χ0n) is 24.9. The molecule has 2 aliphatic rings. The van der Waals surface area contributed by atoms with Crippen molar-refractivity contribution in [1.82, 2.24) is 29.4 Å². The lowest BCUT2D eigenvalue weighted by molar-refractivity contribution is 0.0899. The molecule has 0 saturated carbocycles. The van der Waals surface area contributed by atoms with Crippen molar-refractivity contribution < 1.29 is 19.4 Å². The second kappa shape index (κ2) is 11.1. The van der Waals surface area contributed by atoms with E-state index in [-0.39, 0.29) is 30.4 Å². The van der Waals surface area contributed by atoms with Gasteiger partial charge in [0.1, 0.15) is 12.2 Å². The summed E-state index contributed by atoms with van der Waals surface area (Å²) in [4.78, 5) is 41.7. The molecule has 1 aromatic carbocycles. The van der Waals surface area contributed by atoms with Gasteiger partial charge in [-0.15, -0.1) is 0 Å². The molecule has 43 heavy (non-hydrogen) atoms. The minimum Gasteiger partial charge on any atom is -0.480 e.